The highest BCUT2D eigenvalue weighted by Gasteiger charge is 2.24. The van der Waals surface area contributed by atoms with E-state index >= 15 is 0 Å². The normalized spacial score (nSPS) is 19.0. The molecule has 7 heteroatoms. The molecule has 2 heterocycles. The summed E-state index contributed by atoms with van der Waals surface area (Å²) in [5.74, 6) is 0.341. The predicted molar refractivity (Wildman–Crippen MR) is 122 cm³/mol. The minimum atomic E-state index is -0.266. The number of piperidine rings is 1. The summed E-state index contributed by atoms with van der Waals surface area (Å²) in [4.78, 5) is 16.5. The minimum absolute atomic E-state index is 0. The smallest absolute Gasteiger partial charge is 0.224 e. The summed E-state index contributed by atoms with van der Waals surface area (Å²) >= 11 is 1.82. The van der Waals surface area contributed by atoms with Crippen molar-refractivity contribution in [3.8, 4) is 0 Å². The number of carbonyl (C=O) groups excluding carboxylic acids is 1. The Morgan fingerprint density at radius 3 is 2.68 bits per heavy atom. The molecular weight excluding hydrogens is 413 g/mol. The van der Waals surface area contributed by atoms with E-state index in [0.717, 1.165) is 31.7 Å². The zero-order chi connectivity index (χ0) is 18.4. The van der Waals surface area contributed by atoms with Crippen LogP contribution in [0.3, 0.4) is 0 Å². The zero-order valence-electron chi connectivity index (χ0n) is 16.3. The number of carbonyl (C=O) groups is 1. The fraction of sp³-hybridized carbons (Fsp3) is 0.476. The lowest BCUT2D eigenvalue weighted by Crippen LogP contribution is -2.43. The topological polar surface area (TPSA) is 58.4 Å². The van der Waals surface area contributed by atoms with E-state index in [-0.39, 0.29) is 42.7 Å². The summed E-state index contributed by atoms with van der Waals surface area (Å²) < 4.78 is 0. The Balaban J connectivity index is 0.00000196. The van der Waals surface area contributed by atoms with E-state index in [2.05, 4.69) is 27.7 Å². The Bertz CT molecular complexity index is 684. The zero-order valence-corrected chi connectivity index (χ0v) is 18.7. The number of hydrogen-bond acceptors (Lipinski definition) is 4. The molecule has 1 aromatic heterocycles. The Hall–Kier alpha value is -1.11. The molecular formula is C21H31Cl2N3OS. The molecule has 0 bridgehead atoms. The third kappa shape index (κ3) is 7.05. The third-order valence-corrected chi connectivity index (χ3v) is 6.13. The van der Waals surface area contributed by atoms with Crippen molar-refractivity contribution in [1.29, 1.82) is 0 Å². The fourth-order valence-corrected chi connectivity index (χ4v) is 4.36. The van der Waals surface area contributed by atoms with Crippen LogP contribution in [0.4, 0.5) is 0 Å². The highest BCUT2D eigenvalue weighted by molar-refractivity contribution is 7.09. The number of benzene rings is 1. The highest BCUT2D eigenvalue weighted by Crippen LogP contribution is 2.21. The van der Waals surface area contributed by atoms with Crippen molar-refractivity contribution in [2.75, 3.05) is 19.6 Å². The average molecular weight is 444 g/mol. The molecule has 3 N–H and O–H groups in total. The molecule has 1 aliphatic rings. The van der Waals surface area contributed by atoms with Gasteiger partial charge in [-0.1, -0.05) is 43.3 Å². The van der Waals surface area contributed by atoms with Gasteiger partial charge in [0.1, 0.15) is 0 Å². The molecule has 0 spiro atoms. The number of rotatable bonds is 7. The van der Waals surface area contributed by atoms with E-state index in [0.29, 0.717) is 5.92 Å². The first-order chi connectivity index (χ1) is 12.6. The average Bonchev–Trinajstić information content (AvgIpc) is 3.19. The van der Waals surface area contributed by atoms with Gasteiger partial charge in [-0.05, 0) is 42.3 Å². The molecule has 3 atom stereocenters. The Labute approximate surface area is 184 Å². The lowest BCUT2D eigenvalue weighted by Gasteiger charge is -2.33. The molecule has 156 valence electrons. The van der Waals surface area contributed by atoms with E-state index in [1.807, 2.05) is 48.6 Å². The second-order valence-corrected chi connectivity index (χ2v) is 8.33. The standard InChI is InChI=1S/C21H29N3OS.2ClH/c1-16(20(22)18-8-3-2-4-9-18)21(25)23-13-17-7-5-11-24(14-17)15-19-10-6-12-26-19;;/h2-4,6,8-10,12,16-17,20H,5,7,11,13-15,22H2,1H3,(H,23,25);2*1H. The molecule has 1 fully saturated rings. The number of nitrogens with two attached hydrogens (primary N) is 1. The number of halogens is 2. The number of amides is 1. The number of thiophene rings is 1. The number of likely N-dealkylation sites (tertiary alicyclic amines) is 1. The second-order valence-electron chi connectivity index (χ2n) is 7.29. The van der Waals surface area contributed by atoms with E-state index in [9.17, 15) is 4.79 Å². The molecule has 1 aromatic carbocycles. The fourth-order valence-electron chi connectivity index (χ4n) is 3.62. The van der Waals surface area contributed by atoms with Crippen molar-refractivity contribution in [3.63, 3.8) is 0 Å². The molecule has 3 unspecified atom stereocenters. The van der Waals surface area contributed by atoms with E-state index in [1.54, 1.807) is 0 Å². The molecule has 2 aromatic rings. The van der Waals surface area contributed by atoms with Gasteiger partial charge in [-0.3, -0.25) is 9.69 Å². The van der Waals surface area contributed by atoms with Crippen molar-refractivity contribution in [1.82, 2.24) is 10.2 Å². The van der Waals surface area contributed by atoms with Gasteiger partial charge in [-0.25, -0.2) is 0 Å². The maximum absolute atomic E-state index is 12.5. The number of hydrogen-bond donors (Lipinski definition) is 2. The second kappa shape index (κ2) is 12.5. The van der Waals surface area contributed by atoms with Crippen LogP contribution in [0.1, 0.15) is 36.2 Å². The third-order valence-electron chi connectivity index (χ3n) is 5.26. The van der Waals surface area contributed by atoms with Crippen LogP contribution >= 0.6 is 36.2 Å². The summed E-state index contributed by atoms with van der Waals surface area (Å²) in [6.07, 6.45) is 2.38. The van der Waals surface area contributed by atoms with Crippen molar-refractivity contribution in [2.45, 2.75) is 32.4 Å². The van der Waals surface area contributed by atoms with Gasteiger partial charge in [0.2, 0.25) is 5.91 Å². The summed E-state index contributed by atoms with van der Waals surface area (Å²) in [7, 11) is 0. The molecule has 3 rings (SSSR count). The van der Waals surface area contributed by atoms with Crippen LogP contribution in [0.15, 0.2) is 47.8 Å². The first-order valence-corrected chi connectivity index (χ1v) is 10.3. The highest BCUT2D eigenvalue weighted by atomic mass is 35.5. The first kappa shape index (κ1) is 24.9. The van der Waals surface area contributed by atoms with Crippen LogP contribution in [0.2, 0.25) is 0 Å². The van der Waals surface area contributed by atoms with E-state index in [1.165, 1.54) is 17.7 Å². The largest absolute Gasteiger partial charge is 0.355 e. The van der Waals surface area contributed by atoms with Crippen molar-refractivity contribution >= 4 is 42.1 Å². The molecule has 1 aliphatic heterocycles. The van der Waals surface area contributed by atoms with Crippen molar-refractivity contribution in [3.05, 3.63) is 58.3 Å². The summed E-state index contributed by atoms with van der Waals surface area (Å²) in [5, 5.41) is 5.27. The molecule has 0 radical (unpaired) electrons. The minimum Gasteiger partial charge on any atom is -0.355 e. The van der Waals surface area contributed by atoms with Gasteiger partial charge in [-0.15, -0.1) is 36.2 Å². The van der Waals surface area contributed by atoms with Gasteiger partial charge in [0, 0.05) is 30.6 Å². The quantitative estimate of drug-likeness (QED) is 0.671. The molecule has 28 heavy (non-hydrogen) atoms. The summed E-state index contributed by atoms with van der Waals surface area (Å²) in [5.41, 5.74) is 7.29. The van der Waals surface area contributed by atoms with Gasteiger partial charge >= 0.3 is 0 Å². The lowest BCUT2D eigenvalue weighted by molar-refractivity contribution is -0.125. The first-order valence-electron chi connectivity index (χ1n) is 9.46. The predicted octanol–water partition coefficient (Wildman–Crippen LogP) is 4.26. The SMILES string of the molecule is CC(C(=O)NCC1CCCN(Cc2cccs2)C1)C(N)c1ccccc1.Cl.Cl. The van der Waals surface area contributed by atoms with Crippen molar-refractivity contribution < 1.29 is 4.79 Å². The summed E-state index contributed by atoms with van der Waals surface area (Å²) in [6.45, 7) is 5.88. The molecule has 1 saturated heterocycles. The van der Waals surface area contributed by atoms with Gasteiger partial charge in [0.05, 0.1) is 5.92 Å². The van der Waals surface area contributed by atoms with Crippen LogP contribution in [-0.4, -0.2) is 30.4 Å². The van der Waals surface area contributed by atoms with Crippen LogP contribution in [-0.2, 0) is 11.3 Å². The van der Waals surface area contributed by atoms with Gasteiger partial charge in [-0.2, -0.15) is 0 Å². The summed E-state index contributed by atoms with van der Waals surface area (Å²) in [6, 6.07) is 13.9. The van der Waals surface area contributed by atoms with Gasteiger partial charge in [0.25, 0.3) is 0 Å². The molecule has 0 saturated carbocycles. The van der Waals surface area contributed by atoms with Crippen LogP contribution in [0.5, 0.6) is 0 Å². The van der Waals surface area contributed by atoms with E-state index < -0.39 is 0 Å². The lowest BCUT2D eigenvalue weighted by atomic mass is 9.93. The van der Waals surface area contributed by atoms with Gasteiger partial charge < -0.3 is 11.1 Å². The monoisotopic (exact) mass is 443 g/mol. The molecule has 4 nitrogen and oxygen atoms in total. The maximum Gasteiger partial charge on any atom is 0.224 e. The van der Waals surface area contributed by atoms with Gasteiger partial charge in [0.15, 0.2) is 0 Å². The molecule has 1 amide bonds. The Morgan fingerprint density at radius 2 is 2.00 bits per heavy atom. The number of nitrogens with zero attached hydrogens (tertiary/aromatic N) is 1. The molecule has 0 aliphatic carbocycles. The van der Waals surface area contributed by atoms with Crippen molar-refractivity contribution in [2.24, 2.45) is 17.6 Å². The van der Waals surface area contributed by atoms with E-state index in [4.69, 9.17) is 5.73 Å². The van der Waals surface area contributed by atoms with Crippen LogP contribution < -0.4 is 11.1 Å². The Kier molecular flexibility index (Phi) is 11.1. The van der Waals surface area contributed by atoms with Crippen LogP contribution in [0, 0.1) is 11.8 Å². The maximum atomic E-state index is 12.5. The number of nitrogens with one attached hydrogen (secondary N) is 1. The Morgan fingerprint density at radius 1 is 1.25 bits per heavy atom. The van der Waals surface area contributed by atoms with Crippen LogP contribution in [0.25, 0.3) is 0 Å².